The summed E-state index contributed by atoms with van der Waals surface area (Å²) in [7, 11) is 0. The standard InChI is InChI=1S/C14H17N5O6/c1-6(20)23-3-8-10(22)11(24-7(2)21)14(25-8)19-5-18-9-12(15)16-4-17-13(9)19/h4-5,8,10-11,14,22H,3H2,1-2H3,(H2,15,16,17)/t8-,10-,11+,14-/m1/s1. The lowest BCUT2D eigenvalue weighted by atomic mass is 10.1. The van der Waals surface area contributed by atoms with Gasteiger partial charge in [-0.2, -0.15) is 0 Å². The Kier molecular flexibility index (Phi) is 4.51. The fourth-order valence-electron chi connectivity index (χ4n) is 2.65. The van der Waals surface area contributed by atoms with E-state index in [1.54, 1.807) is 0 Å². The van der Waals surface area contributed by atoms with Crippen LogP contribution < -0.4 is 5.73 Å². The highest BCUT2D eigenvalue weighted by atomic mass is 16.6. The van der Waals surface area contributed by atoms with Crippen LogP contribution in [0.4, 0.5) is 5.82 Å². The molecule has 0 aliphatic carbocycles. The van der Waals surface area contributed by atoms with E-state index in [4.69, 9.17) is 19.9 Å². The quantitative estimate of drug-likeness (QED) is 0.667. The second kappa shape index (κ2) is 6.61. The van der Waals surface area contributed by atoms with Gasteiger partial charge in [-0.3, -0.25) is 14.2 Å². The Balaban J connectivity index is 1.94. The van der Waals surface area contributed by atoms with Gasteiger partial charge in [-0.25, -0.2) is 15.0 Å². The van der Waals surface area contributed by atoms with Crippen LogP contribution in [-0.2, 0) is 23.8 Å². The molecule has 4 atom stereocenters. The summed E-state index contributed by atoms with van der Waals surface area (Å²) in [4.78, 5) is 34.5. The first-order chi connectivity index (χ1) is 11.9. The van der Waals surface area contributed by atoms with Crippen LogP contribution in [0.2, 0.25) is 0 Å². The molecule has 3 rings (SSSR count). The van der Waals surface area contributed by atoms with E-state index in [0.717, 1.165) is 0 Å². The molecular formula is C14H17N5O6. The average molecular weight is 351 g/mol. The zero-order chi connectivity index (χ0) is 18.1. The summed E-state index contributed by atoms with van der Waals surface area (Å²) in [6, 6.07) is 0. The summed E-state index contributed by atoms with van der Waals surface area (Å²) < 4.78 is 17.3. The number of carbonyl (C=O) groups excluding carboxylic acids is 2. The SMILES string of the molecule is CC(=O)OC[C@H]1O[C@@H](n2cnc3c(N)ncnc32)[C@@H](OC(C)=O)[C@@H]1O. The molecule has 0 aromatic carbocycles. The van der Waals surface area contributed by atoms with Crippen molar-refractivity contribution in [2.45, 2.75) is 38.4 Å². The number of aliphatic hydroxyl groups excluding tert-OH is 1. The van der Waals surface area contributed by atoms with Crippen LogP contribution in [0.15, 0.2) is 12.7 Å². The van der Waals surface area contributed by atoms with Crippen LogP contribution in [0.1, 0.15) is 20.1 Å². The van der Waals surface area contributed by atoms with Gasteiger partial charge in [0.1, 0.15) is 30.7 Å². The maximum absolute atomic E-state index is 11.4. The van der Waals surface area contributed by atoms with Gasteiger partial charge in [-0.15, -0.1) is 0 Å². The van der Waals surface area contributed by atoms with Gasteiger partial charge in [-0.1, -0.05) is 0 Å². The van der Waals surface area contributed by atoms with Crippen LogP contribution >= 0.6 is 0 Å². The van der Waals surface area contributed by atoms with Crippen molar-refractivity contribution in [2.24, 2.45) is 0 Å². The van der Waals surface area contributed by atoms with Crippen molar-refractivity contribution in [3.8, 4) is 0 Å². The largest absolute Gasteiger partial charge is 0.463 e. The fourth-order valence-corrected chi connectivity index (χ4v) is 2.65. The predicted octanol–water partition coefficient (Wildman–Crippen LogP) is -0.838. The lowest BCUT2D eigenvalue weighted by Gasteiger charge is -2.21. The summed E-state index contributed by atoms with van der Waals surface area (Å²) in [5, 5.41) is 10.4. The Hall–Kier alpha value is -2.79. The maximum atomic E-state index is 11.4. The van der Waals surface area contributed by atoms with Crippen LogP contribution in [-0.4, -0.2) is 61.5 Å². The molecule has 1 aliphatic heterocycles. The summed E-state index contributed by atoms with van der Waals surface area (Å²) in [6.07, 6.45) is -1.37. The fraction of sp³-hybridized carbons (Fsp3) is 0.500. The number of fused-ring (bicyclic) bond motifs is 1. The minimum atomic E-state index is -1.20. The molecule has 0 unspecified atom stereocenters. The van der Waals surface area contributed by atoms with Gasteiger partial charge in [-0.05, 0) is 0 Å². The second-order valence-corrected chi connectivity index (χ2v) is 5.52. The van der Waals surface area contributed by atoms with Crippen LogP contribution in [0, 0.1) is 0 Å². The third-order valence-corrected chi connectivity index (χ3v) is 3.73. The molecule has 0 bridgehead atoms. The van der Waals surface area contributed by atoms with Gasteiger partial charge in [0.05, 0.1) is 6.33 Å². The molecule has 0 radical (unpaired) electrons. The molecule has 2 aromatic rings. The highest BCUT2D eigenvalue weighted by molar-refractivity contribution is 5.81. The molecule has 1 saturated heterocycles. The summed E-state index contributed by atoms with van der Waals surface area (Å²) in [6.45, 7) is 2.27. The molecule has 3 heterocycles. The number of esters is 2. The molecule has 3 N–H and O–H groups in total. The van der Waals surface area contributed by atoms with Gasteiger partial charge in [0.15, 0.2) is 23.8 Å². The third-order valence-electron chi connectivity index (χ3n) is 3.73. The number of nitrogen functional groups attached to an aromatic ring is 1. The van der Waals surface area contributed by atoms with E-state index in [0.29, 0.717) is 11.2 Å². The van der Waals surface area contributed by atoms with E-state index in [2.05, 4.69) is 15.0 Å². The minimum Gasteiger partial charge on any atom is -0.463 e. The molecule has 134 valence electrons. The first kappa shape index (κ1) is 17.0. The van der Waals surface area contributed by atoms with Crippen LogP contribution in [0.25, 0.3) is 11.2 Å². The maximum Gasteiger partial charge on any atom is 0.303 e. The van der Waals surface area contributed by atoms with Gasteiger partial charge in [0, 0.05) is 13.8 Å². The number of rotatable bonds is 4. The van der Waals surface area contributed by atoms with Crippen molar-refractivity contribution < 1.29 is 28.9 Å². The molecule has 11 heteroatoms. The molecule has 25 heavy (non-hydrogen) atoms. The highest BCUT2D eigenvalue weighted by Crippen LogP contribution is 2.34. The van der Waals surface area contributed by atoms with Gasteiger partial charge >= 0.3 is 11.9 Å². The summed E-state index contributed by atoms with van der Waals surface area (Å²) >= 11 is 0. The number of anilines is 1. The van der Waals surface area contributed by atoms with Gasteiger partial charge in [0.2, 0.25) is 0 Å². The van der Waals surface area contributed by atoms with Crippen molar-refractivity contribution in [1.82, 2.24) is 19.5 Å². The van der Waals surface area contributed by atoms with Crippen molar-refractivity contribution in [3.63, 3.8) is 0 Å². The number of aliphatic hydroxyl groups is 1. The van der Waals surface area contributed by atoms with E-state index in [9.17, 15) is 14.7 Å². The molecule has 2 aromatic heterocycles. The number of imidazole rings is 1. The van der Waals surface area contributed by atoms with E-state index in [-0.39, 0.29) is 12.4 Å². The number of ether oxygens (including phenoxy) is 3. The monoisotopic (exact) mass is 351 g/mol. The van der Waals surface area contributed by atoms with Crippen molar-refractivity contribution >= 4 is 28.9 Å². The zero-order valence-corrected chi connectivity index (χ0v) is 13.5. The number of aromatic nitrogens is 4. The molecule has 0 amide bonds. The highest BCUT2D eigenvalue weighted by Gasteiger charge is 2.48. The Morgan fingerprint density at radius 1 is 1.32 bits per heavy atom. The number of carbonyl (C=O) groups is 2. The topological polar surface area (TPSA) is 152 Å². The molecule has 1 fully saturated rings. The Labute approximate surface area is 141 Å². The second-order valence-electron chi connectivity index (χ2n) is 5.52. The van der Waals surface area contributed by atoms with E-state index in [1.807, 2.05) is 0 Å². The van der Waals surface area contributed by atoms with Gasteiger partial charge < -0.3 is 25.1 Å². The Bertz CT molecular complexity index is 808. The summed E-state index contributed by atoms with van der Waals surface area (Å²) in [5.41, 5.74) is 6.47. The lowest BCUT2D eigenvalue weighted by Crippen LogP contribution is -2.37. The third kappa shape index (κ3) is 3.23. The predicted molar refractivity (Wildman–Crippen MR) is 81.8 cm³/mol. The van der Waals surface area contributed by atoms with Crippen molar-refractivity contribution in [1.29, 1.82) is 0 Å². The number of hydrogen-bond acceptors (Lipinski definition) is 10. The number of hydrogen-bond donors (Lipinski definition) is 2. The summed E-state index contributed by atoms with van der Waals surface area (Å²) in [5.74, 6) is -0.927. The Morgan fingerprint density at radius 3 is 2.76 bits per heavy atom. The smallest absolute Gasteiger partial charge is 0.303 e. The molecule has 0 spiro atoms. The first-order valence-electron chi connectivity index (χ1n) is 7.45. The minimum absolute atomic E-state index is 0.183. The molecule has 11 nitrogen and oxygen atoms in total. The lowest BCUT2D eigenvalue weighted by molar-refractivity contribution is -0.155. The molecule has 1 aliphatic rings. The zero-order valence-electron chi connectivity index (χ0n) is 13.5. The average Bonchev–Trinajstić information content (AvgIpc) is 3.09. The molecule has 0 saturated carbocycles. The van der Waals surface area contributed by atoms with Crippen LogP contribution in [0.3, 0.4) is 0 Å². The Morgan fingerprint density at radius 2 is 2.08 bits per heavy atom. The molecular weight excluding hydrogens is 334 g/mol. The number of nitrogens with two attached hydrogens (primary N) is 1. The first-order valence-corrected chi connectivity index (χ1v) is 7.45. The van der Waals surface area contributed by atoms with Crippen LogP contribution in [0.5, 0.6) is 0 Å². The van der Waals surface area contributed by atoms with E-state index >= 15 is 0 Å². The van der Waals surface area contributed by atoms with Crippen molar-refractivity contribution in [2.75, 3.05) is 12.3 Å². The normalized spacial score (nSPS) is 25.9. The van der Waals surface area contributed by atoms with E-state index in [1.165, 1.54) is 31.1 Å². The number of nitrogens with zero attached hydrogens (tertiary/aromatic N) is 4. The van der Waals surface area contributed by atoms with E-state index < -0.39 is 36.5 Å². The van der Waals surface area contributed by atoms with Gasteiger partial charge in [0.25, 0.3) is 0 Å². The van der Waals surface area contributed by atoms with Crippen molar-refractivity contribution in [3.05, 3.63) is 12.7 Å².